The molecule has 9 nitrogen and oxygen atoms in total. The lowest BCUT2D eigenvalue weighted by Gasteiger charge is -2.32. The molecule has 1 aliphatic rings. The molecule has 4 heterocycles. The third kappa shape index (κ3) is 4.45. The Bertz CT molecular complexity index is 2020. The summed E-state index contributed by atoms with van der Waals surface area (Å²) in [6.45, 7) is 1.79. The van der Waals surface area contributed by atoms with Gasteiger partial charge in [-0.3, -0.25) is 9.78 Å². The Hall–Kier alpha value is -4.40. The van der Waals surface area contributed by atoms with E-state index in [0.29, 0.717) is 44.4 Å². The molecule has 0 radical (unpaired) electrons. The molecule has 0 amide bonds. The van der Waals surface area contributed by atoms with Crippen LogP contribution in [0.2, 0.25) is 0 Å². The number of nitrogens with zero attached hydrogens (tertiary/aromatic N) is 3. The predicted molar refractivity (Wildman–Crippen MR) is 152 cm³/mol. The largest absolute Gasteiger partial charge is 0.496 e. The van der Waals surface area contributed by atoms with Crippen molar-refractivity contribution in [2.45, 2.75) is 18.9 Å². The van der Waals surface area contributed by atoms with Crippen LogP contribution in [0.15, 0.2) is 53.6 Å². The first-order chi connectivity index (χ1) is 19.2. The van der Waals surface area contributed by atoms with Gasteiger partial charge in [0.25, 0.3) is 0 Å². The highest BCUT2D eigenvalue weighted by Crippen LogP contribution is 2.39. The van der Waals surface area contributed by atoms with Gasteiger partial charge >= 0.3 is 10.5 Å². The molecule has 1 aliphatic heterocycles. The van der Waals surface area contributed by atoms with Crippen molar-refractivity contribution >= 4 is 43.3 Å². The zero-order valence-electron chi connectivity index (χ0n) is 21.8. The van der Waals surface area contributed by atoms with Crippen molar-refractivity contribution in [3.8, 4) is 35.0 Å². The number of pyridine rings is 2. The number of likely N-dealkylation sites (tertiary alicyclic amines) is 1. The standard InChI is InChI=1S/C29H25FN4O5S/c1-4-17-5-6-21-24(11-17)32-29-27(21)28(35)23-14-26(38-3)22(18-12-20(16-31-15-18)39-40(30,36)37)13-25(23)34(29)19-7-9-33(2)10-8-19/h1,5-6,11-16,19,32H,7-10H2,2-3H3. The number of H-pyrrole nitrogens is 1. The summed E-state index contributed by atoms with van der Waals surface area (Å²) in [6, 6.07) is 10.5. The maximum Gasteiger partial charge on any atom is 0.488 e. The fraction of sp³-hybridized carbons (Fsp3) is 0.241. The zero-order chi connectivity index (χ0) is 28.2. The maximum atomic E-state index is 14.1. The first-order valence-electron chi connectivity index (χ1n) is 12.6. The molecule has 0 atom stereocenters. The second-order valence-electron chi connectivity index (χ2n) is 9.94. The Kier molecular flexibility index (Phi) is 6.24. The first kappa shape index (κ1) is 25.9. The average molecular weight is 561 g/mol. The average Bonchev–Trinajstić information content (AvgIpc) is 3.31. The second-order valence-corrected chi connectivity index (χ2v) is 10.9. The van der Waals surface area contributed by atoms with E-state index in [9.17, 15) is 17.1 Å². The Morgan fingerprint density at radius 3 is 2.60 bits per heavy atom. The van der Waals surface area contributed by atoms with Crippen LogP contribution in [0.4, 0.5) is 3.89 Å². The number of piperidine rings is 1. The van der Waals surface area contributed by atoms with Crippen molar-refractivity contribution < 1.29 is 21.2 Å². The predicted octanol–water partition coefficient (Wildman–Crippen LogP) is 4.55. The molecule has 0 bridgehead atoms. The SMILES string of the molecule is C#Cc1ccc2c(c1)[nH]c1c2c(=O)c2cc(OC)c(-c3cncc(OS(=O)(=O)F)c3)cc2n1C1CCN(C)CC1. The van der Waals surface area contributed by atoms with E-state index in [-0.39, 0.29) is 17.2 Å². The van der Waals surface area contributed by atoms with E-state index in [1.165, 1.54) is 19.4 Å². The van der Waals surface area contributed by atoms with Gasteiger partial charge in [-0.2, -0.15) is 8.42 Å². The van der Waals surface area contributed by atoms with Crippen LogP contribution in [0.1, 0.15) is 24.4 Å². The van der Waals surface area contributed by atoms with Crippen molar-refractivity contribution in [3.05, 3.63) is 64.6 Å². The fourth-order valence-electron chi connectivity index (χ4n) is 5.64. The normalized spacial score (nSPS) is 15.1. The van der Waals surface area contributed by atoms with Crippen LogP contribution in [0, 0.1) is 12.3 Å². The van der Waals surface area contributed by atoms with Gasteiger partial charge in [0.1, 0.15) is 11.4 Å². The van der Waals surface area contributed by atoms with Crippen LogP contribution in [-0.4, -0.2) is 55.1 Å². The highest BCUT2D eigenvalue weighted by atomic mass is 32.3. The van der Waals surface area contributed by atoms with Gasteiger partial charge in [-0.05, 0) is 63.3 Å². The number of aromatic nitrogens is 3. The third-order valence-electron chi connectivity index (χ3n) is 7.51. The summed E-state index contributed by atoms with van der Waals surface area (Å²) in [5.41, 5.74) is 3.66. The van der Waals surface area contributed by atoms with E-state index in [4.69, 9.17) is 11.2 Å². The Morgan fingerprint density at radius 2 is 1.90 bits per heavy atom. The number of rotatable bonds is 5. The van der Waals surface area contributed by atoms with Crippen molar-refractivity contribution in [3.63, 3.8) is 0 Å². The smallest absolute Gasteiger partial charge is 0.488 e. The van der Waals surface area contributed by atoms with E-state index >= 15 is 0 Å². The number of benzene rings is 2. The third-order valence-corrected chi connectivity index (χ3v) is 7.90. The van der Waals surface area contributed by atoms with Gasteiger partial charge in [0.05, 0.1) is 29.6 Å². The number of nitrogens with one attached hydrogen (secondary N) is 1. The van der Waals surface area contributed by atoms with E-state index in [1.54, 1.807) is 6.07 Å². The molecule has 3 aromatic heterocycles. The van der Waals surface area contributed by atoms with Gasteiger partial charge in [0.15, 0.2) is 11.2 Å². The lowest BCUT2D eigenvalue weighted by Crippen LogP contribution is -2.32. The van der Waals surface area contributed by atoms with Crippen molar-refractivity contribution in [2.75, 3.05) is 27.2 Å². The number of ether oxygens (including phenoxy) is 1. The number of terminal acetylenes is 1. The number of aromatic amines is 1. The molecule has 204 valence electrons. The van der Waals surface area contributed by atoms with E-state index < -0.39 is 10.5 Å². The van der Waals surface area contributed by atoms with Crippen molar-refractivity contribution in [1.82, 2.24) is 19.4 Å². The molecule has 11 heteroatoms. The van der Waals surface area contributed by atoms with Gasteiger partial charge in [0, 0.05) is 39.8 Å². The minimum absolute atomic E-state index is 0.0904. The fourth-order valence-corrected chi connectivity index (χ4v) is 5.96. The van der Waals surface area contributed by atoms with Crippen molar-refractivity contribution in [1.29, 1.82) is 0 Å². The number of halogens is 1. The molecule has 6 rings (SSSR count). The molecule has 40 heavy (non-hydrogen) atoms. The van der Waals surface area contributed by atoms with Gasteiger partial charge in [-0.1, -0.05) is 15.9 Å². The summed E-state index contributed by atoms with van der Waals surface area (Å²) >= 11 is 0. The molecule has 1 fully saturated rings. The summed E-state index contributed by atoms with van der Waals surface area (Å²) in [5, 5.41) is 1.83. The summed E-state index contributed by atoms with van der Waals surface area (Å²) < 4.78 is 47.6. The van der Waals surface area contributed by atoms with Crippen LogP contribution in [0.3, 0.4) is 0 Å². The lowest BCUT2D eigenvalue weighted by molar-refractivity contribution is 0.226. The van der Waals surface area contributed by atoms with Crippen LogP contribution in [0.5, 0.6) is 11.5 Å². The summed E-state index contributed by atoms with van der Waals surface area (Å²) in [6.07, 6.45) is 9.96. The Labute approximate surface area is 229 Å². The van der Waals surface area contributed by atoms with Crippen LogP contribution in [0.25, 0.3) is 44.0 Å². The zero-order valence-corrected chi connectivity index (χ0v) is 22.6. The van der Waals surface area contributed by atoms with Crippen LogP contribution in [-0.2, 0) is 10.5 Å². The molecule has 0 unspecified atom stereocenters. The van der Waals surface area contributed by atoms with Crippen LogP contribution < -0.4 is 14.3 Å². The molecule has 5 aromatic rings. The topological polar surface area (TPSA) is 107 Å². The lowest BCUT2D eigenvalue weighted by atomic mass is 9.99. The summed E-state index contributed by atoms with van der Waals surface area (Å²) in [5.74, 6) is 2.73. The molecule has 0 aliphatic carbocycles. The van der Waals surface area contributed by atoms with E-state index in [1.807, 2.05) is 24.3 Å². The molecule has 1 N–H and O–H groups in total. The molecule has 0 spiro atoms. The molecule has 0 saturated carbocycles. The quantitative estimate of drug-likeness (QED) is 0.248. The van der Waals surface area contributed by atoms with Crippen LogP contribution >= 0.6 is 0 Å². The Balaban J connectivity index is 1.68. The number of methoxy groups -OCH3 is 1. The van der Waals surface area contributed by atoms with E-state index in [0.717, 1.165) is 43.0 Å². The highest BCUT2D eigenvalue weighted by Gasteiger charge is 2.26. The highest BCUT2D eigenvalue weighted by molar-refractivity contribution is 7.81. The number of fused-ring (bicyclic) bond motifs is 4. The van der Waals surface area contributed by atoms with Gasteiger partial charge in [-0.25, -0.2) is 0 Å². The number of hydrogen-bond donors (Lipinski definition) is 1. The minimum Gasteiger partial charge on any atom is -0.496 e. The molecule has 1 saturated heterocycles. The molecular weight excluding hydrogens is 535 g/mol. The summed E-state index contributed by atoms with van der Waals surface area (Å²) in [4.78, 5) is 23.8. The number of hydrogen-bond acceptors (Lipinski definition) is 7. The Morgan fingerprint density at radius 1 is 1.12 bits per heavy atom. The second kappa shape index (κ2) is 9.66. The van der Waals surface area contributed by atoms with Gasteiger partial charge in [-0.15, -0.1) is 6.42 Å². The van der Waals surface area contributed by atoms with E-state index in [2.05, 4.69) is 36.6 Å². The summed E-state index contributed by atoms with van der Waals surface area (Å²) in [7, 11) is -1.67. The molecular formula is C29H25FN4O5S. The van der Waals surface area contributed by atoms with Gasteiger partial charge < -0.3 is 23.4 Å². The first-order valence-corrected chi connectivity index (χ1v) is 13.9. The van der Waals surface area contributed by atoms with Gasteiger partial charge in [0.2, 0.25) is 0 Å². The monoisotopic (exact) mass is 560 g/mol. The van der Waals surface area contributed by atoms with Crippen molar-refractivity contribution in [2.24, 2.45) is 0 Å². The maximum absolute atomic E-state index is 14.1. The molecule has 2 aromatic carbocycles. The minimum atomic E-state index is -5.24.